The van der Waals surface area contributed by atoms with E-state index in [1.54, 1.807) is 6.92 Å². The molecule has 2 aromatic rings. The summed E-state index contributed by atoms with van der Waals surface area (Å²) < 4.78 is 65.8. The summed E-state index contributed by atoms with van der Waals surface area (Å²) in [5.41, 5.74) is 0.374. The molecule has 0 atom stereocenters. The molecule has 2 N–H and O–H groups in total. The lowest BCUT2D eigenvalue weighted by atomic mass is 9.97. The molecule has 0 saturated carbocycles. The van der Waals surface area contributed by atoms with E-state index >= 15 is 0 Å². The maximum atomic E-state index is 12.7. The molecule has 148 valence electrons. The molecule has 5 nitrogen and oxygen atoms in total. The lowest BCUT2D eigenvalue weighted by molar-refractivity contribution is -0.141. The largest absolute Gasteiger partial charge is 0.432 e. The highest BCUT2D eigenvalue weighted by Crippen LogP contribution is 2.35. The smallest absolute Gasteiger partial charge is 0.273 e. The van der Waals surface area contributed by atoms with E-state index in [-0.39, 0.29) is 10.6 Å². The number of aryl methyl sites for hydroxylation is 1. The van der Waals surface area contributed by atoms with Gasteiger partial charge in [0.05, 0.1) is 9.77 Å². The van der Waals surface area contributed by atoms with Gasteiger partial charge in [-0.15, -0.1) is 11.3 Å². The van der Waals surface area contributed by atoms with Crippen molar-refractivity contribution in [1.82, 2.24) is 14.9 Å². The summed E-state index contributed by atoms with van der Waals surface area (Å²) in [4.78, 5) is 0.956. The average molecular weight is 419 g/mol. The zero-order valence-corrected chi connectivity index (χ0v) is 16.3. The number of hydrogen-bond acceptors (Lipinski definition) is 4. The van der Waals surface area contributed by atoms with Crippen LogP contribution in [-0.4, -0.2) is 25.2 Å². The van der Waals surface area contributed by atoms with E-state index < -0.39 is 21.9 Å². The summed E-state index contributed by atoms with van der Waals surface area (Å²) in [6.45, 7) is 1.93. The fourth-order valence-electron chi connectivity index (χ4n) is 3.01. The van der Waals surface area contributed by atoms with Crippen molar-refractivity contribution in [2.75, 3.05) is 6.54 Å². The van der Waals surface area contributed by atoms with E-state index in [1.807, 2.05) is 5.10 Å². The Kier molecular flexibility index (Phi) is 5.78. The van der Waals surface area contributed by atoms with Crippen LogP contribution in [-0.2, 0) is 16.2 Å². The number of hydrogen-bond donors (Lipinski definition) is 2. The van der Waals surface area contributed by atoms with Crippen LogP contribution in [0.15, 0.2) is 28.7 Å². The summed E-state index contributed by atoms with van der Waals surface area (Å²) in [6, 6.07) is 2.25. The number of sulfonamides is 1. The molecule has 0 amide bonds. The number of H-pyrrole nitrogens is 1. The van der Waals surface area contributed by atoms with Crippen LogP contribution >= 0.6 is 11.3 Å². The van der Waals surface area contributed by atoms with Gasteiger partial charge in [0, 0.05) is 11.4 Å². The molecule has 10 heteroatoms. The fourth-order valence-corrected chi connectivity index (χ4v) is 5.59. The molecule has 0 spiro atoms. The van der Waals surface area contributed by atoms with Crippen LogP contribution in [0.4, 0.5) is 13.2 Å². The van der Waals surface area contributed by atoms with Gasteiger partial charge in [-0.05, 0) is 51.2 Å². The lowest BCUT2D eigenvalue weighted by Gasteiger charge is -2.13. The van der Waals surface area contributed by atoms with Gasteiger partial charge < -0.3 is 0 Å². The van der Waals surface area contributed by atoms with Gasteiger partial charge >= 0.3 is 6.18 Å². The van der Waals surface area contributed by atoms with Gasteiger partial charge in [0.2, 0.25) is 10.0 Å². The molecular formula is C17H20F3N3O2S2. The second-order valence-electron chi connectivity index (χ2n) is 6.45. The molecule has 2 aromatic heterocycles. The van der Waals surface area contributed by atoms with Gasteiger partial charge in [0.25, 0.3) is 0 Å². The van der Waals surface area contributed by atoms with Crippen LogP contribution < -0.4 is 4.72 Å². The monoisotopic (exact) mass is 419 g/mol. The van der Waals surface area contributed by atoms with Gasteiger partial charge in [-0.3, -0.25) is 5.10 Å². The van der Waals surface area contributed by atoms with Crippen molar-refractivity contribution in [2.45, 2.75) is 50.1 Å². The van der Waals surface area contributed by atoms with E-state index in [0.29, 0.717) is 22.7 Å². The van der Waals surface area contributed by atoms with Gasteiger partial charge in [0.1, 0.15) is 11.4 Å². The Labute approximate surface area is 159 Å². The highest BCUT2D eigenvalue weighted by atomic mass is 32.2. The molecule has 1 aliphatic carbocycles. The third-order valence-electron chi connectivity index (χ3n) is 4.42. The summed E-state index contributed by atoms with van der Waals surface area (Å²) in [7, 11) is -3.73. The Morgan fingerprint density at radius 2 is 2.07 bits per heavy atom. The summed E-state index contributed by atoms with van der Waals surface area (Å²) in [6.07, 6.45) is 2.67. The number of halogens is 3. The second-order valence-corrected chi connectivity index (χ2v) is 9.44. The fraction of sp³-hybridized carbons (Fsp3) is 0.471. The number of alkyl halides is 3. The Morgan fingerprint density at radius 1 is 1.30 bits per heavy atom. The topological polar surface area (TPSA) is 74.8 Å². The summed E-state index contributed by atoms with van der Waals surface area (Å²) in [5.74, 6) is 0. The molecule has 0 bridgehead atoms. The number of nitrogens with zero attached hydrogens (tertiary/aromatic N) is 1. The first-order valence-electron chi connectivity index (χ1n) is 8.58. The quantitative estimate of drug-likeness (QED) is 0.670. The van der Waals surface area contributed by atoms with E-state index in [9.17, 15) is 21.6 Å². The summed E-state index contributed by atoms with van der Waals surface area (Å²) in [5, 5.41) is 5.60. The van der Waals surface area contributed by atoms with Crippen molar-refractivity contribution in [1.29, 1.82) is 0 Å². The molecule has 27 heavy (non-hydrogen) atoms. The Balaban J connectivity index is 1.72. The van der Waals surface area contributed by atoms with E-state index in [4.69, 9.17) is 0 Å². The van der Waals surface area contributed by atoms with Crippen molar-refractivity contribution in [3.05, 3.63) is 34.4 Å². The molecule has 1 aliphatic rings. The minimum absolute atomic E-state index is 0.0734. The molecule has 0 fully saturated rings. The average Bonchev–Trinajstić information content (AvgIpc) is 3.22. The predicted octanol–water partition coefficient (Wildman–Crippen LogP) is 4.63. The van der Waals surface area contributed by atoms with Gasteiger partial charge in [-0.2, -0.15) is 18.3 Å². The highest BCUT2D eigenvalue weighted by Gasteiger charge is 2.33. The first-order valence-corrected chi connectivity index (χ1v) is 10.9. The van der Waals surface area contributed by atoms with Crippen LogP contribution in [0.25, 0.3) is 10.6 Å². The molecular weight excluding hydrogens is 399 g/mol. The van der Waals surface area contributed by atoms with Crippen molar-refractivity contribution < 1.29 is 21.6 Å². The number of thiophene rings is 1. The Hall–Kier alpha value is -1.65. The molecule has 0 aromatic carbocycles. The SMILES string of the molecule is Cc1sc(-c2cc(C(F)(F)F)[nH]n2)cc1S(=O)(=O)NCCC1=CCCCC1. The maximum Gasteiger partial charge on any atom is 0.432 e. The third-order valence-corrected chi connectivity index (χ3v) is 7.21. The zero-order valence-electron chi connectivity index (χ0n) is 14.7. The molecule has 3 rings (SSSR count). The number of allylic oxidation sites excluding steroid dienone is 1. The van der Waals surface area contributed by atoms with E-state index in [1.165, 1.54) is 18.1 Å². The third kappa shape index (κ3) is 4.80. The van der Waals surface area contributed by atoms with Gasteiger partial charge in [-0.25, -0.2) is 13.1 Å². The molecule has 0 radical (unpaired) electrons. The number of rotatable bonds is 6. The minimum atomic E-state index is -4.53. The van der Waals surface area contributed by atoms with E-state index in [0.717, 1.165) is 36.7 Å². The molecule has 2 heterocycles. The predicted molar refractivity (Wildman–Crippen MR) is 98.0 cm³/mol. The number of nitrogens with one attached hydrogen (secondary N) is 2. The van der Waals surface area contributed by atoms with Gasteiger partial charge in [0.15, 0.2) is 0 Å². The first-order chi connectivity index (χ1) is 12.7. The van der Waals surface area contributed by atoms with Crippen LogP contribution in [0.2, 0.25) is 0 Å². The van der Waals surface area contributed by atoms with Gasteiger partial charge in [-0.1, -0.05) is 11.6 Å². The van der Waals surface area contributed by atoms with Crippen molar-refractivity contribution in [2.24, 2.45) is 0 Å². The molecule has 0 unspecified atom stereocenters. The van der Waals surface area contributed by atoms with Crippen LogP contribution in [0.5, 0.6) is 0 Å². The van der Waals surface area contributed by atoms with Crippen molar-refractivity contribution in [3.8, 4) is 10.6 Å². The first kappa shape index (κ1) is 20.1. The van der Waals surface area contributed by atoms with E-state index in [2.05, 4.69) is 15.9 Å². The molecule has 0 aliphatic heterocycles. The van der Waals surface area contributed by atoms with Crippen LogP contribution in [0.1, 0.15) is 42.7 Å². The zero-order chi connectivity index (χ0) is 19.7. The number of aromatic nitrogens is 2. The summed E-state index contributed by atoms with van der Waals surface area (Å²) >= 11 is 1.10. The van der Waals surface area contributed by atoms with Crippen LogP contribution in [0.3, 0.4) is 0 Å². The maximum absolute atomic E-state index is 12.7. The highest BCUT2D eigenvalue weighted by molar-refractivity contribution is 7.89. The second kappa shape index (κ2) is 7.76. The Bertz CT molecular complexity index is 943. The van der Waals surface area contributed by atoms with Crippen molar-refractivity contribution in [3.63, 3.8) is 0 Å². The normalized spacial score (nSPS) is 15.8. The van der Waals surface area contributed by atoms with Crippen LogP contribution in [0, 0.1) is 6.92 Å². The molecule has 0 saturated heterocycles. The number of aromatic amines is 1. The van der Waals surface area contributed by atoms with Crippen molar-refractivity contribution >= 4 is 21.4 Å². The lowest BCUT2D eigenvalue weighted by Crippen LogP contribution is -2.25. The Morgan fingerprint density at radius 3 is 2.70 bits per heavy atom. The minimum Gasteiger partial charge on any atom is -0.273 e. The standard InChI is InChI=1S/C17H20F3N3O2S2/c1-11-15(27(24,25)21-8-7-12-5-3-2-4-6-12)10-14(26-11)13-9-16(23-22-13)17(18,19)20/h5,9-10,21H,2-4,6-8H2,1H3,(H,22,23).